The lowest BCUT2D eigenvalue weighted by atomic mass is 10.1. The summed E-state index contributed by atoms with van der Waals surface area (Å²) in [7, 11) is 0. The van der Waals surface area contributed by atoms with Crippen molar-refractivity contribution in [3.05, 3.63) is 70.5 Å². The molecule has 2 heterocycles. The molecule has 0 saturated carbocycles. The van der Waals surface area contributed by atoms with Crippen molar-refractivity contribution in [2.75, 3.05) is 5.32 Å². The van der Waals surface area contributed by atoms with E-state index in [-0.39, 0.29) is 0 Å². The first kappa shape index (κ1) is 17.5. The first-order valence-electron chi connectivity index (χ1n) is 8.90. The van der Waals surface area contributed by atoms with Crippen LogP contribution in [0.5, 0.6) is 0 Å². The van der Waals surface area contributed by atoms with Gasteiger partial charge in [0.1, 0.15) is 0 Å². The second-order valence-electron chi connectivity index (χ2n) is 6.54. The quantitative estimate of drug-likeness (QED) is 0.518. The number of anilines is 2. The van der Waals surface area contributed by atoms with Gasteiger partial charge in [0.05, 0.1) is 16.7 Å². The van der Waals surface area contributed by atoms with E-state index in [1.165, 1.54) is 5.56 Å². The highest BCUT2D eigenvalue weighted by Crippen LogP contribution is 2.26. The summed E-state index contributed by atoms with van der Waals surface area (Å²) < 4.78 is 1.81. The Bertz CT molecular complexity index is 1120. The third-order valence-corrected chi connectivity index (χ3v) is 4.68. The van der Waals surface area contributed by atoms with Gasteiger partial charge in [0.25, 0.3) is 0 Å². The number of nitrogens with zero attached hydrogens (tertiary/aromatic N) is 4. The first-order chi connectivity index (χ1) is 13.0. The summed E-state index contributed by atoms with van der Waals surface area (Å²) in [6, 6.07) is 15.9. The third-order valence-electron chi connectivity index (χ3n) is 4.44. The zero-order valence-corrected chi connectivity index (χ0v) is 16.2. The van der Waals surface area contributed by atoms with Crippen molar-refractivity contribution in [1.82, 2.24) is 19.7 Å². The molecule has 0 aliphatic rings. The summed E-state index contributed by atoms with van der Waals surface area (Å²) >= 11 is 6.14. The molecule has 0 fully saturated rings. The van der Waals surface area contributed by atoms with Crippen molar-refractivity contribution in [1.29, 1.82) is 0 Å². The van der Waals surface area contributed by atoms with Crippen molar-refractivity contribution in [3.63, 3.8) is 0 Å². The molecule has 27 heavy (non-hydrogen) atoms. The van der Waals surface area contributed by atoms with Gasteiger partial charge in [-0.05, 0) is 62.2 Å². The van der Waals surface area contributed by atoms with Crippen molar-refractivity contribution in [2.24, 2.45) is 0 Å². The van der Waals surface area contributed by atoms with Crippen LogP contribution in [0.2, 0.25) is 5.02 Å². The van der Waals surface area contributed by atoms with E-state index in [4.69, 9.17) is 21.6 Å². The predicted octanol–water partition coefficient (Wildman–Crippen LogP) is 5.39. The summed E-state index contributed by atoms with van der Waals surface area (Å²) in [6.07, 6.45) is 1.01. The minimum Gasteiger partial charge on any atom is -0.337 e. The van der Waals surface area contributed by atoms with Gasteiger partial charge in [-0.2, -0.15) is 5.10 Å². The fourth-order valence-corrected chi connectivity index (χ4v) is 3.22. The lowest BCUT2D eigenvalue weighted by Gasteiger charge is -2.13. The van der Waals surface area contributed by atoms with Crippen LogP contribution in [-0.2, 0) is 6.42 Å². The number of rotatable bonds is 4. The smallest absolute Gasteiger partial charge is 0.197 e. The highest BCUT2D eigenvalue weighted by molar-refractivity contribution is 6.31. The van der Waals surface area contributed by atoms with E-state index in [1.54, 1.807) is 0 Å². The van der Waals surface area contributed by atoms with Crippen LogP contribution in [-0.4, -0.2) is 19.7 Å². The maximum atomic E-state index is 6.14. The number of hydrogen-bond donors (Lipinski definition) is 1. The van der Waals surface area contributed by atoms with Gasteiger partial charge in [0.2, 0.25) is 0 Å². The molecule has 0 spiro atoms. The first-order valence-corrected chi connectivity index (χ1v) is 9.28. The molecule has 0 amide bonds. The Kier molecular flexibility index (Phi) is 4.54. The van der Waals surface area contributed by atoms with Crippen LogP contribution in [0, 0.1) is 13.8 Å². The lowest BCUT2D eigenvalue weighted by Crippen LogP contribution is -2.08. The molecule has 5 nitrogen and oxygen atoms in total. The highest BCUT2D eigenvalue weighted by Gasteiger charge is 2.15. The summed E-state index contributed by atoms with van der Waals surface area (Å²) in [5.41, 5.74) is 5.68. The molecule has 0 saturated heterocycles. The van der Waals surface area contributed by atoms with Crippen molar-refractivity contribution in [2.45, 2.75) is 27.2 Å². The minimum atomic E-state index is 0.631. The summed E-state index contributed by atoms with van der Waals surface area (Å²) in [5.74, 6) is 1.30. The molecule has 2 aromatic carbocycles. The standard InChI is InChI=1S/C21H20ClN5/c1-4-15-5-8-17(9-6-15)23-20-21(27-14(3)11-13(2)26-27)25-19-12-16(22)7-10-18(19)24-20/h5-12H,4H2,1-3H3,(H,23,24). The van der Waals surface area contributed by atoms with Gasteiger partial charge in [0, 0.05) is 16.4 Å². The van der Waals surface area contributed by atoms with Gasteiger partial charge in [-0.1, -0.05) is 30.7 Å². The molecule has 0 unspecified atom stereocenters. The van der Waals surface area contributed by atoms with E-state index in [2.05, 4.69) is 41.6 Å². The summed E-state index contributed by atoms with van der Waals surface area (Å²) in [4.78, 5) is 9.59. The molecule has 0 radical (unpaired) electrons. The maximum absolute atomic E-state index is 6.14. The fraction of sp³-hybridized carbons (Fsp3) is 0.190. The highest BCUT2D eigenvalue weighted by atomic mass is 35.5. The molecule has 6 heteroatoms. The van der Waals surface area contributed by atoms with Crippen LogP contribution in [0.3, 0.4) is 0 Å². The average molecular weight is 378 g/mol. The van der Waals surface area contributed by atoms with Crippen LogP contribution in [0.15, 0.2) is 48.5 Å². The monoisotopic (exact) mass is 377 g/mol. The Labute approximate surface area is 163 Å². The van der Waals surface area contributed by atoms with Crippen molar-refractivity contribution >= 4 is 34.1 Å². The number of halogens is 1. The van der Waals surface area contributed by atoms with E-state index in [1.807, 2.05) is 42.8 Å². The Balaban J connectivity index is 1.86. The topological polar surface area (TPSA) is 55.6 Å². The number of benzene rings is 2. The minimum absolute atomic E-state index is 0.631. The Hall–Kier alpha value is -2.92. The number of hydrogen-bond acceptors (Lipinski definition) is 4. The molecule has 2 aromatic heterocycles. The summed E-state index contributed by atoms with van der Waals surface area (Å²) in [6.45, 7) is 6.11. The van der Waals surface area contributed by atoms with Gasteiger partial charge in [-0.3, -0.25) is 0 Å². The molecule has 136 valence electrons. The molecule has 0 bridgehead atoms. The number of nitrogens with one attached hydrogen (secondary N) is 1. The van der Waals surface area contributed by atoms with Crippen LogP contribution < -0.4 is 5.32 Å². The molecule has 1 N–H and O–H groups in total. The largest absolute Gasteiger partial charge is 0.337 e. The van der Waals surface area contributed by atoms with Crippen LogP contribution in [0.4, 0.5) is 11.5 Å². The summed E-state index contributed by atoms with van der Waals surface area (Å²) in [5, 5.41) is 8.61. The maximum Gasteiger partial charge on any atom is 0.197 e. The van der Waals surface area contributed by atoms with Crippen LogP contribution >= 0.6 is 11.6 Å². The van der Waals surface area contributed by atoms with Gasteiger partial charge in [-0.25, -0.2) is 14.6 Å². The molecule has 4 rings (SSSR count). The van der Waals surface area contributed by atoms with E-state index < -0.39 is 0 Å². The van der Waals surface area contributed by atoms with E-state index in [9.17, 15) is 0 Å². The van der Waals surface area contributed by atoms with Gasteiger partial charge in [-0.15, -0.1) is 0 Å². The van der Waals surface area contributed by atoms with Gasteiger partial charge in [0.15, 0.2) is 11.6 Å². The molecule has 0 aliphatic carbocycles. The predicted molar refractivity (Wildman–Crippen MR) is 110 cm³/mol. The molecule has 0 aliphatic heterocycles. The van der Waals surface area contributed by atoms with E-state index in [0.717, 1.165) is 34.5 Å². The zero-order chi connectivity index (χ0) is 19.0. The Morgan fingerprint density at radius 2 is 1.74 bits per heavy atom. The van der Waals surface area contributed by atoms with Crippen LogP contribution in [0.25, 0.3) is 16.9 Å². The zero-order valence-electron chi connectivity index (χ0n) is 15.5. The average Bonchev–Trinajstić information content (AvgIpc) is 3.00. The van der Waals surface area contributed by atoms with E-state index in [0.29, 0.717) is 16.7 Å². The number of aryl methyl sites for hydroxylation is 3. The Morgan fingerprint density at radius 3 is 2.41 bits per heavy atom. The molecular formula is C21H20ClN5. The number of fused-ring (bicyclic) bond motifs is 1. The SMILES string of the molecule is CCc1ccc(Nc2nc3ccc(Cl)cc3nc2-n2nc(C)cc2C)cc1. The Morgan fingerprint density at radius 1 is 0.963 bits per heavy atom. The molecular weight excluding hydrogens is 358 g/mol. The fourth-order valence-electron chi connectivity index (χ4n) is 3.05. The normalized spacial score (nSPS) is 11.1. The second-order valence-corrected chi connectivity index (χ2v) is 6.98. The van der Waals surface area contributed by atoms with E-state index >= 15 is 0 Å². The van der Waals surface area contributed by atoms with Gasteiger partial charge < -0.3 is 5.32 Å². The van der Waals surface area contributed by atoms with Crippen molar-refractivity contribution in [3.8, 4) is 5.82 Å². The molecule has 4 aromatic rings. The van der Waals surface area contributed by atoms with Crippen LogP contribution in [0.1, 0.15) is 23.9 Å². The van der Waals surface area contributed by atoms with Crippen molar-refractivity contribution < 1.29 is 0 Å². The van der Waals surface area contributed by atoms with Gasteiger partial charge >= 0.3 is 0 Å². The second kappa shape index (κ2) is 7.00. The molecule has 0 atom stereocenters. The lowest BCUT2D eigenvalue weighted by molar-refractivity contribution is 0.808. The number of aromatic nitrogens is 4. The third kappa shape index (κ3) is 3.51.